The molecule has 3 heterocycles. The average molecular weight is 347 g/mol. The Labute approximate surface area is 152 Å². The second-order valence-electron chi connectivity index (χ2n) is 6.65. The van der Waals surface area contributed by atoms with Crippen LogP contribution in [0.25, 0.3) is 10.9 Å². The molecule has 0 bridgehead atoms. The second-order valence-corrected chi connectivity index (χ2v) is 6.65. The lowest BCUT2D eigenvalue weighted by atomic mass is 10.1. The number of piperazine rings is 1. The molecule has 0 aliphatic carbocycles. The lowest BCUT2D eigenvalue weighted by Crippen LogP contribution is -2.49. The predicted molar refractivity (Wildman–Crippen MR) is 101 cm³/mol. The van der Waals surface area contributed by atoms with Gasteiger partial charge in [-0.05, 0) is 38.1 Å². The molecule has 0 saturated carbocycles. The summed E-state index contributed by atoms with van der Waals surface area (Å²) < 4.78 is 0. The summed E-state index contributed by atoms with van der Waals surface area (Å²) >= 11 is 0. The summed E-state index contributed by atoms with van der Waals surface area (Å²) in [6.07, 6.45) is 3.48. The van der Waals surface area contributed by atoms with Gasteiger partial charge in [-0.2, -0.15) is 0 Å². The number of hydrogen-bond donors (Lipinski definition) is 0. The Morgan fingerprint density at radius 2 is 1.73 bits per heavy atom. The molecule has 1 fully saturated rings. The summed E-state index contributed by atoms with van der Waals surface area (Å²) in [5, 5.41) is 1.01. The predicted octanol–water partition coefficient (Wildman–Crippen LogP) is 2.60. The molecular formula is C20H21N5O. The average Bonchev–Trinajstić information content (AvgIpc) is 2.68. The van der Waals surface area contributed by atoms with Crippen molar-refractivity contribution < 1.29 is 4.79 Å². The van der Waals surface area contributed by atoms with E-state index in [0.717, 1.165) is 41.2 Å². The van der Waals surface area contributed by atoms with Gasteiger partial charge in [0, 0.05) is 44.0 Å². The highest BCUT2D eigenvalue weighted by Crippen LogP contribution is 2.20. The molecule has 1 amide bonds. The molecular weight excluding hydrogens is 326 g/mol. The zero-order valence-corrected chi connectivity index (χ0v) is 15.0. The van der Waals surface area contributed by atoms with Crippen molar-refractivity contribution in [2.45, 2.75) is 13.8 Å². The van der Waals surface area contributed by atoms with Gasteiger partial charge in [-0.3, -0.25) is 9.78 Å². The van der Waals surface area contributed by atoms with Gasteiger partial charge in [-0.1, -0.05) is 11.6 Å². The third-order valence-corrected chi connectivity index (χ3v) is 4.79. The van der Waals surface area contributed by atoms with Crippen LogP contribution in [0, 0.1) is 13.8 Å². The Bertz CT molecular complexity index is 949. The molecule has 1 aliphatic rings. The number of aryl methyl sites for hydroxylation is 2. The van der Waals surface area contributed by atoms with Gasteiger partial charge in [0.2, 0.25) is 5.95 Å². The van der Waals surface area contributed by atoms with E-state index in [2.05, 4.69) is 25.9 Å². The Hall–Kier alpha value is -3.02. The van der Waals surface area contributed by atoms with E-state index >= 15 is 0 Å². The van der Waals surface area contributed by atoms with Gasteiger partial charge in [-0.25, -0.2) is 9.97 Å². The maximum Gasteiger partial charge on any atom is 0.255 e. The molecule has 26 heavy (non-hydrogen) atoms. The number of rotatable bonds is 2. The van der Waals surface area contributed by atoms with Crippen LogP contribution in [0.3, 0.4) is 0 Å². The highest BCUT2D eigenvalue weighted by Gasteiger charge is 2.24. The van der Waals surface area contributed by atoms with Gasteiger partial charge in [0.25, 0.3) is 5.91 Å². The normalized spacial score (nSPS) is 14.7. The summed E-state index contributed by atoms with van der Waals surface area (Å²) in [5.74, 6) is 0.769. The topological polar surface area (TPSA) is 62.2 Å². The van der Waals surface area contributed by atoms with Crippen molar-refractivity contribution in [3.05, 3.63) is 59.5 Å². The molecule has 6 nitrogen and oxygen atoms in total. The van der Waals surface area contributed by atoms with E-state index in [9.17, 15) is 4.79 Å². The second kappa shape index (κ2) is 6.71. The molecule has 6 heteroatoms. The Balaban J connectivity index is 1.53. The zero-order chi connectivity index (χ0) is 18.1. The van der Waals surface area contributed by atoms with Crippen molar-refractivity contribution in [3.8, 4) is 0 Å². The van der Waals surface area contributed by atoms with Crippen LogP contribution >= 0.6 is 0 Å². The number of benzene rings is 1. The molecule has 4 rings (SSSR count). The van der Waals surface area contributed by atoms with E-state index in [0.29, 0.717) is 18.7 Å². The minimum Gasteiger partial charge on any atom is -0.337 e. The van der Waals surface area contributed by atoms with E-state index in [1.807, 2.05) is 36.9 Å². The van der Waals surface area contributed by atoms with Gasteiger partial charge >= 0.3 is 0 Å². The van der Waals surface area contributed by atoms with Crippen molar-refractivity contribution in [1.82, 2.24) is 19.9 Å². The Kier molecular flexibility index (Phi) is 4.24. The first-order chi connectivity index (χ1) is 12.6. The fraction of sp³-hybridized carbons (Fsp3) is 0.300. The van der Waals surface area contributed by atoms with Crippen molar-refractivity contribution in [2.75, 3.05) is 31.1 Å². The molecule has 0 spiro atoms. The molecule has 1 aromatic carbocycles. The molecule has 1 saturated heterocycles. The maximum absolute atomic E-state index is 13.0. The van der Waals surface area contributed by atoms with E-state index in [1.54, 1.807) is 18.5 Å². The van der Waals surface area contributed by atoms with Crippen LogP contribution < -0.4 is 4.90 Å². The van der Waals surface area contributed by atoms with E-state index < -0.39 is 0 Å². The number of nitrogens with zero attached hydrogens (tertiary/aromatic N) is 5. The number of anilines is 1. The number of pyridine rings is 1. The van der Waals surface area contributed by atoms with Crippen LogP contribution in [0.1, 0.15) is 21.6 Å². The quantitative estimate of drug-likeness (QED) is 0.713. The number of aromatic nitrogens is 3. The molecule has 132 valence electrons. The third-order valence-electron chi connectivity index (χ3n) is 4.79. The summed E-state index contributed by atoms with van der Waals surface area (Å²) in [6, 6.07) is 9.90. The number of hydrogen-bond acceptors (Lipinski definition) is 5. The number of amides is 1. The summed E-state index contributed by atoms with van der Waals surface area (Å²) in [6.45, 7) is 6.72. The maximum atomic E-state index is 13.0. The molecule has 1 aliphatic heterocycles. The minimum absolute atomic E-state index is 0.0482. The van der Waals surface area contributed by atoms with Crippen LogP contribution in [0.4, 0.5) is 5.95 Å². The first-order valence-electron chi connectivity index (χ1n) is 8.81. The Morgan fingerprint density at radius 3 is 2.46 bits per heavy atom. The highest BCUT2D eigenvalue weighted by molar-refractivity contribution is 5.98. The summed E-state index contributed by atoms with van der Waals surface area (Å²) in [5.41, 5.74) is 3.56. The fourth-order valence-electron chi connectivity index (χ4n) is 3.34. The van der Waals surface area contributed by atoms with Crippen LogP contribution in [0.5, 0.6) is 0 Å². The number of carbonyl (C=O) groups excluding carboxylic acids is 1. The molecule has 0 atom stereocenters. The fourth-order valence-corrected chi connectivity index (χ4v) is 3.34. The van der Waals surface area contributed by atoms with Crippen molar-refractivity contribution in [1.29, 1.82) is 0 Å². The van der Waals surface area contributed by atoms with E-state index in [4.69, 9.17) is 0 Å². The van der Waals surface area contributed by atoms with Crippen molar-refractivity contribution in [2.24, 2.45) is 0 Å². The number of fused-ring (bicyclic) bond motifs is 1. The SMILES string of the molecule is Cc1ccc2nc(C)c(C(=O)N3CCN(c4ncccn4)CC3)cc2c1. The molecule has 3 aromatic rings. The van der Waals surface area contributed by atoms with E-state index in [-0.39, 0.29) is 5.91 Å². The van der Waals surface area contributed by atoms with Crippen LogP contribution in [0.2, 0.25) is 0 Å². The molecule has 0 unspecified atom stereocenters. The molecule has 2 aromatic heterocycles. The minimum atomic E-state index is 0.0482. The Morgan fingerprint density at radius 1 is 1.00 bits per heavy atom. The molecule has 0 radical (unpaired) electrons. The summed E-state index contributed by atoms with van der Waals surface area (Å²) in [4.78, 5) is 30.2. The molecule has 0 N–H and O–H groups in total. The van der Waals surface area contributed by atoms with Gasteiger partial charge in [0.1, 0.15) is 0 Å². The van der Waals surface area contributed by atoms with Crippen molar-refractivity contribution >= 4 is 22.8 Å². The first-order valence-corrected chi connectivity index (χ1v) is 8.81. The largest absolute Gasteiger partial charge is 0.337 e. The van der Waals surface area contributed by atoms with Gasteiger partial charge in [0.15, 0.2) is 0 Å². The lowest BCUT2D eigenvalue weighted by molar-refractivity contribution is 0.0745. The summed E-state index contributed by atoms with van der Waals surface area (Å²) in [7, 11) is 0. The van der Waals surface area contributed by atoms with Gasteiger partial charge < -0.3 is 9.80 Å². The third kappa shape index (κ3) is 3.10. The van der Waals surface area contributed by atoms with Crippen molar-refractivity contribution in [3.63, 3.8) is 0 Å². The van der Waals surface area contributed by atoms with Crippen LogP contribution in [0.15, 0.2) is 42.7 Å². The highest BCUT2D eigenvalue weighted by atomic mass is 16.2. The smallest absolute Gasteiger partial charge is 0.255 e. The van der Waals surface area contributed by atoms with Crippen LogP contribution in [-0.2, 0) is 0 Å². The van der Waals surface area contributed by atoms with Gasteiger partial charge in [-0.15, -0.1) is 0 Å². The first kappa shape index (κ1) is 16.4. The lowest BCUT2D eigenvalue weighted by Gasteiger charge is -2.34. The van der Waals surface area contributed by atoms with Gasteiger partial charge in [0.05, 0.1) is 16.8 Å². The van der Waals surface area contributed by atoms with Crippen LogP contribution in [-0.4, -0.2) is 51.9 Å². The monoisotopic (exact) mass is 347 g/mol. The number of carbonyl (C=O) groups is 1. The standard InChI is InChI=1S/C20H21N5O/c1-14-4-5-18-16(12-14)13-17(15(2)23-18)19(26)24-8-10-25(11-9-24)20-21-6-3-7-22-20/h3-7,12-13H,8-11H2,1-2H3. The zero-order valence-electron chi connectivity index (χ0n) is 15.0. The van der Waals surface area contributed by atoms with E-state index in [1.165, 1.54) is 0 Å².